The average Bonchev–Trinajstić information content (AvgIpc) is 2.34. The molecule has 2 rings (SSSR count). The molecule has 0 aromatic heterocycles. The summed E-state index contributed by atoms with van der Waals surface area (Å²) in [6.07, 6.45) is -3.98. The molecule has 0 aliphatic carbocycles. The van der Waals surface area contributed by atoms with E-state index in [-0.39, 0.29) is 12.6 Å². The summed E-state index contributed by atoms with van der Waals surface area (Å²) in [5.74, 6) is -1.90. The van der Waals surface area contributed by atoms with Gasteiger partial charge in [-0.15, -0.1) is 0 Å². The highest BCUT2D eigenvalue weighted by atomic mass is 19.4. The number of benzene rings is 1. The molecule has 0 fully saturated rings. The molecule has 0 saturated heterocycles. The highest BCUT2D eigenvalue weighted by Crippen LogP contribution is 2.22. The maximum Gasteiger partial charge on any atom is 0.471 e. The lowest BCUT2D eigenvalue weighted by atomic mass is 9.94. The molecule has 98 valence electrons. The highest BCUT2D eigenvalue weighted by molar-refractivity contribution is 5.81. The number of halogens is 3. The van der Waals surface area contributed by atoms with Crippen LogP contribution in [-0.4, -0.2) is 25.2 Å². The maximum absolute atomic E-state index is 12.1. The Kier molecular flexibility index (Phi) is 3.56. The van der Waals surface area contributed by atoms with Crippen LogP contribution in [0, 0.1) is 0 Å². The first-order valence-electron chi connectivity index (χ1n) is 5.64. The molecule has 0 bridgehead atoms. The predicted molar refractivity (Wildman–Crippen MR) is 60.0 cm³/mol. The van der Waals surface area contributed by atoms with E-state index in [2.05, 4.69) is 5.32 Å². The summed E-state index contributed by atoms with van der Waals surface area (Å²) in [6, 6.07) is 7.29. The van der Waals surface area contributed by atoms with Gasteiger partial charge in [-0.1, -0.05) is 24.3 Å². The van der Waals surface area contributed by atoms with Gasteiger partial charge in [0.1, 0.15) is 0 Å². The zero-order valence-corrected chi connectivity index (χ0v) is 9.55. The van der Waals surface area contributed by atoms with E-state index in [1.165, 1.54) is 0 Å². The van der Waals surface area contributed by atoms with Crippen molar-refractivity contribution in [3.05, 3.63) is 35.4 Å². The third-order valence-corrected chi connectivity index (χ3v) is 2.94. The fourth-order valence-corrected chi connectivity index (χ4v) is 2.07. The van der Waals surface area contributed by atoms with Gasteiger partial charge in [-0.25, -0.2) is 0 Å². The first-order valence-corrected chi connectivity index (χ1v) is 5.64. The third-order valence-electron chi connectivity index (χ3n) is 2.94. The number of fused-ring (bicyclic) bond motifs is 1. The van der Waals surface area contributed by atoms with Gasteiger partial charge in [0, 0.05) is 12.6 Å². The number of nitrogens with one attached hydrogen (secondary N) is 2. The number of hydrogen-bond donors (Lipinski definition) is 2. The van der Waals surface area contributed by atoms with Crippen LogP contribution < -0.4 is 10.6 Å². The van der Waals surface area contributed by atoms with Gasteiger partial charge in [-0.05, 0) is 24.1 Å². The number of carbonyl (C=O) groups excluding carboxylic acids is 1. The van der Waals surface area contributed by atoms with Gasteiger partial charge in [0.25, 0.3) is 0 Å². The van der Waals surface area contributed by atoms with Crippen molar-refractivity contribution in [2.24, 2.45) is 0 Å². The van der Waals surface area contributed by atoms with Crippen molar-refractivity contribution in [3.63, 3.8) is 0 Å². The largest absolute Gasteiger partial charge is 0.471 e. The molecule has 3 nitrogen and oxygen atoms in total. The van der Waals surface area contributed by atoms with Crippen molar-refractivity contribution >= 4 is 5.91 Å². The lowest BCUT2D eigenvalue weighted by molar-refractivity contribution is -0.173. The number of amides is 1. The molecule has 1 atom stereocenters. The normalized spacial score (nSPS) is 19.2. The van der Waals surface area contributed by atoms with E-state index < -0.39 is 12.1 Å². The van der Waals surface area contributed by atoms with Crippen LogP contribution >= 0.6 is 0 Å². The Morgan fingerprint density at radius 2 is 2.11 bits per heavy atom. The Labute approximate surface area is 102 Å². The molecule has 18 heavy (non-hydrogen) atoms. The number of carbonyl (C=O) groups is 1. The number of alkyl halides is 3. The molecular weight excluding hydrogens is 245 g/mol. The van der Waals surface area contributed by atoms with Crippen LogP contribution in [0.2, 0.25) is 0 Å². The number of hydrogen-bond acceptors (Lipinski definition) is 2. The second-order valence-electron chi connectivity index (χ2n) is 4.16. The molecule has 1 aromatic rings. The number of rotatable bonds is 2. The molecule has 1 aliphatic rings. The second kappa shape index (κ2) is 4.97. The smallest absolute Gasteiger partial charge is 0.346 e. The molecular formula is C12H13F3N2O. The Morgan fingerprint density at radius 1 is 1.39 bits per heavy atom. The van der Waals surface area contributed by atoms with Gasteiger partial charge in [-0.2, -0.15) is 13.2 Å². The summed E-state index contributed by atoms with van der Waals surface area (Å²) in [6.45, 7) is 0.638. The summed E-state index contributed by atoms with van der Waals surface area (Å²) in [5.41, 5.74) is 2.06. The minimum absolute atomic E-state index is 0.0602. The molecule has 1 heterocycles. The minimum atomic E-state index is -4.83. The van der Waals surface area contributed by atoms with E-state index in [0.29, 0.717) is 6.54 Å². The Hall–Kier alpha value is -1.56. The van der Waals surface area contributed by atoms with E-state index in [4.69, 9.17) is 0 Å². The van der Waals surface area contributed by atoms with E-state index in [1.54, 1.807) is 0 Å². The van der Waals surface area contributed by atoms with Crippen LogP contribution in [0.15, 0.2) is 24.3 Å². The molecule has 1 aromatic carbocycles. The zero-order valence-electron chi connectivity index (χ0n) is 9.55. The zero-order chi connectivity index (χ0) is 13.2. The maximum atomic E-state index is 12.1. The van der Waals surface area contributed by atoms with Crippen molar-refractivity contribution in [2.75, 3.05) is 13.1 Å². The van der Waals surface area contributed by atoms with Crippen LogP contribution in [0.4, 0.5) is 13.2 Å². The minimum Gasteiger partial charge on any atom is -0.346 e. The topological polar surface area (TPSA) is 41.1 Å². The quantitative estimate of drug-likeness (QED) is 0.845. The Bertz CT molecular complexity index is 445. The van der Waals surface area contributed by atoms with Crippen LogP contribution in [-0.2, 0) is 11.2 Å². The van der Waals surface area contributed by atoms with Crippen LogP contribution in [0.5, 0.6) is 0 Å². The summed E-state index contributed by atoms with van der Waals surface area (Å²) < 4.78 is 36.2. The molecule has 0 saturated carbocycles. The average molecular weight is 258 g/mol. The molecule has 1 aliphatic heterocycles. The van der Waals surface area contributed by atoms with Crippen molar-refractivity contribution in [1.82, 2.24) is 10.6 Å². The van der Waals surface area contributed by atoms with Crippen LogP contribution in [0.1, 0.15) is 17.2 Å². The molecule has 0 radical (unpaired) electrons. The van der Waals surface area contributed by atoms with Gasteiger partial charge >= 0.3 is 12.1 Å². The second-order valence-corrected chi connectivity index (χ2v) is 4.16. The fourth-order valence-electron chi connectivity index (χ4n) is 2.07. The summed E-state index contributed by atoms with van der Waals surface area (Å²) >= 11 is 0. The lowest BCUT2D eigenvalue weighted by Crippen LogP contribution is -2.43. The molecule has 1 amide bonds. The summed E-state index contributed by atoms with van der Waals surface area (Å²) in [7, 11) is 0. The Morgan fingerprint density at radius 3 is 2.83 bits per heavy atom. The summed E-state index contributed by atoms with van der Waals surface area (Å²) in [5, 5.41) is 5.01. The van der Waals surface area contributed by atoms with Gasteiger partial charge < -0.3 is 10.6 Å². The predicted octanol–water partition coefficient (Wildman–Crippen LogP) is 1.55. The molecule has 1 unspecified atom stereocenters. The first-order chi connectivity index (χ1) is 8.48. The molecule has 6 heteroatoms. The van der Waals surface area contributed by atoms with E-state index in [9.17, 15) is 18.0 Å². The van der Waals surface area contributed by atoms with E-state index in [0.717, 1.165) is 17.5 Å². The standard InChI is InChI=1S/C12H13F3N2O/c13-12(14,15)11(18)17-7-10-9-4-2-1-3-8(9)5-6-16-10/h1-4,10,16H,5-7H2,(H,17,18). The summed E-state index contributed by atoms with van der Waals surface area (Å²) in [4.78, 5) is 10.8. The molecule has 0 spiro atoms. The highest BCUT2D eigenvalue weighted by Gasteiger charge is 2.38. The van der Waals surface area contributed by atoms with Gasteiger partial charge in [0.15, 0.2) is 0 Å². The SMILES string of the molecule is O=C(NCC1NCCc2ccccc21)C(F)(F)F. The van der Waals surface area contributed by atoms with Crippen molar-refractivity contribution in [1.29, 1.82) is 0 Å². The molecule has 2 N–H and O–H groups in total. The van der Waals surface area contributed by atoms with Crippen molar-refractivity contribution in [2.45, 2.75) is 18.6 Å². The monoisotopic (exact) mass is 258 g/mol. The lowest BCUT2D eigenvalue weighted by Gasteiger charge is -2.27. The van der Waals surface area contributed by atoms with Crippen LogP contribution in [0.25, 0.3) is 0 Å². The van der Waals surface area contributed by atoms with Gasteiger partial charge in [-0.3, -0.25) is 4.79 Å². The van der Waals surface area contributed by atoms with Gasteiger partial charge in [0.2, 0.25) is 0 Å². The first kappa shape index (κ1) is 12.9. The van der Waals surface area contributed by atoms with E-state index in [1.807, 2.05) is 29.6 Å². The van der Waals surface area contributed by atoms with Crippen LogP contribution in [0.3, 0.4) is 0 Å². The third kappa shape index (κ3) is 2.81. The van der Waals surface area contributed by atoms with Gasteiger partial charge in [0.05, 0.1) is 0 Å². The van der Waals surface area contributed by atoms with Crippen molar-refractivity contribution in [3.8, 4) is 0 Å². The van der Waals surface area contributed by atoms with E-state index >= 15 is 0 Å². The Balaban J connectivity index is 2.02. The fraction of sp³-hybridized carbons (Fsp3) is 0.417. The van der Waals surface area contributed by atoms with Crippen molar-refractivity contribution < 1.29 is 18.0 Å².